The van der Waals surface area contributed by atoms with Crippen LogP contribution in [0.2, 0.25) is 0 Å². The average Bonchev–Trinajstić information content (AvgIpc) is 3.65. The smallest absolute Gasteiger partial charge is 0.258 e. The number of carbonyl (C=O) groups is 1. The zero-order chi connectivity index (χ0) is 25.7. The molecule has 0 unspecified atom stereocenters. The molecule has 8 nitrogen and oxygen atoms in total. The van der Waals surface area contributed by atoms with Crippen LogP contribution in [0.4, 0.5) is 5.69 Å². The van der Waals surface area contributed by atoms with Crippen LogP contribution in [0.5, 0.6) is 0 Å². The van der Waals surface area contributed by atoms with Gasteiger partial charge in [-0.2, -0.15) is 10.2 Å². The van der Waals surface area contributed by atoms with E-state index in [4.69, 9.17) is 0 Å². The number of para-hydroxylation sites is 1. The van der Waals surface area contributed by atoms with Gasteiger partial charge in [-0.3, -0.25) is 15.0 Å². The Labute approximate surface area is 217 Å². The molecule has 6 aromatic rings. The van der Waals surface area contributed by atoms with E-state index < -0.39 is 5.60 Å². The summed E-state index contributed by atoms with van der Waals surface area (Å²) < 4.78 is 1.03. The standard InChI is InChI=1S/C28H26N6O2S/c1-28(2,36)13-17-9-16(27(35)34(3)19-7-5-4-6-8-19)10-21-20(17)11-22(31-21)25-26-23(32-33-25)12-24(37-26)18-14-29-30-15-18/h4-12,14-15,31,36H,13H2,1-3H3,(H,29,30)(H,32,33). The first-order valence-corrected chi connectivity index (χ1v) is 12.8. The largest absolute Gasteiger partial charge is 0.390 e. The Hall–Kier alpha value is -4.21. The minimum Gasteiger partial charge on any atom is -0.390 e. The summed E-state index contributed by atoms with van der Waals surface area (Å²) in [6.07, 6.45) is 4.07. The molecule has 6 rings (SSSR count). The van der Waals surface area contributed by atoms with E-state index in [9.17, 15) is 9.90 Å². The number of anilines is 1. The number of aromatic amines is 3. The van der Waals surface area contributed by atoms with Crippen LogP contribution in [0.25, 0.3) is 42.9 Å². The number of amides is 1. The molecule has 4 aromatic heterocycles. The number of thiophene rings is 1. The van der Waals surface area contributed by atoms with Gasteiger partial charge in [0, 0.05) is 52.3 Å². The average molecular weight is 511 g/mol. The summed E-state index contributed by atoms with van der Waals surface area (Å²) in [4.78, 5) is 19.7. The third kappa shape index (κ3) is 4.32. The van der Waals surface area contributed by atoms with Crippen molar-refractivity contribution in [1.82, 2.24) is 25.4 Å². The van der Waals surface area contributed by atoms with Gasteiger partial charge in [0.05, 0.1) is 27.7 Å². The van der Waals surface area contributed by atoms with E-state index in [2.05, 4.69) is 37.5 Å². The third-order valence-electron chi connectivity index (χ3n) is 6.42. The second kappa shape index (κ2) is 8.72. The van der Waals surface area contributed by atoms with Gasteiger partial charge < -0.3 is 15.0 Å². The Bertz CT molecular complexity index is 1720. The molecule has 0 saturated heterocycles. The predicted octanol–water partition coefficient (Wildman–Crippen LogP) is 5.75. The third-order valence-corrected chi connectivity index (χ3v) is 7.61. The predicted molar refractivity (Wildman–Crippen MR) is 148 cm³/mol. The highest BCUT2D eigenvalue weighted by Gasteiger charge is 2.22. The molecule has 0 atom stereocenters. The lowest BCUT2D eigenvalue weighted by molar-refractivity contribution is 0.0812. The van der Waals surface area contributed by atoms with Crippen molar-refractivity contribution in [3.05, 3.63) is 78.1 Å². The molecule has 0 spiro atoms. The van der Waals surface area contributed by atoms with Crippen molar-refractivity contribution in [2.45, 2.75) is 25.9 Å². The fourth-order valence-electron chi connectivity index (χ4n) is 4.67. The number of aliphatic hydroxyl groups is 1. The van der Waals surface area contributed by atoms with Gasteiger partial charge >= 0.3 is 0 Å². The van der Waals surface area contributed by atoms with E-state index in [1.165, 1.54) is 0 Å². The van der Waals surface area contributed by atoms with Crippen LogP contribution < -0.4 is 4.90 Å². The van der Waals surface area contributed by atoms with Gasteiger partial charge in [-0.1, -0.05) is 18.2 Å². The lowest BCUT2D eigenvalue weighted by Gasteiger charge is -2.20. The molecule has 2 aromatic carbocycles. The molecule has 0 bridgehead atoms. The maximum absolute atomic E-state index is 13.5. The van der Waals surface area contributed by atoms with E-state index in [1.807, 2.05) is 48.7 Å². The molecule has 0 aliphatic rings. The number of hydrogen-bond acceptors (Lipinski definition) is 5. The van der Waals surface area contributed by atoms with Gasteiger partial charge in [-0.25, -0.2) is 0 Å². The molecule has 0 radical (unpaired) electrons. The summed E-state index contributed by atoms with van der Waals surface area (Å²) in [6.45, 7) is 3.55. The summed E-state index contributed by atoms with van der Waals surface area (Å²) >= 11 is 1.64. The molecule has 0 saturated carbocycles. The van der Waals surface area contributed by atoms with Crippen molar-refractivity contribution in [3.63, 3.8) is 0 Å². The number of carbonyl (C=O) groups excluding carboxylic acids is 1. The normalized spacial score (nSPS) is 12.0. The molecule has 1 amide bonds. The highest BCUT2D eigenvalue weighted by molar-refractivity contribution is 7.22. The van der Waals surface area contributed by atoms with E-state index in [0.717, 1.165) is 54.2 Å². The van der Waals surface area contributed by atoms with E-state index >= 15 is 0 Å². The lowest BCUT2D eigenvalue weighted by atomic mass is 9.94. The Morgan fingerprint density at radius 2 is 1.92 bits per heavy atom. The Balaban J connectivity index is 1.45. The van der Waals surface area contributed by atoms with Gasteiger partial charge in [0.2, 0.25) is 0 Å². The van der Waals surface area contributed by atoms with E-state index in [0.29, 0.717) is 12.0 Å². The van der Waals surface area contributed by atoms with Crippen molar-refractivity contribution in [2.24, 2.45) is 0 Å². The number of H-pyrrole nitrogens is 3. The highest BCUT2D eigenvalue weighted by Crippen LogP contribution is 2.39. The molecule has 37 heavy (non-hydrogen) atoms. The van der Waals surface area contributed by atoms with Crippen LogP contribution in [0.15, 0.2) is 67.0 Å². The van der Waals surface area contributed by atoms with Gasteiger partial charge in [0.1, 0.15) is 5.69 Å². The van der Waals surface area contributed by atoms with Gasteiger partial charge in [0.15, 0.2) is 0 Å². The molecule has 4 N–H and O–H groups in total. The number of fused-ring (bicyclic) bond motifs is 2. The van der Waals surface area contributed by atoms with Crippen LogP contribution in [0, 0.1) is 0 Å². The van der Waals surface area contributed by atoms with Crippen molar-refractivity contribution < 1.29 is 9.90 Å². The zero-order valence-corrected chi connectivity index (χ0v) is 21.5. The maximum atomic E-state index is 13.5. The Morgan fingerprint density at radius 1 is 1.11 bits per heavy atom. The molecular weight excluding hydrogens is 484 g/mol. The minimum absolute atomic E-state index is 0.119. The summed E-state index contributed by atoms with van der Waals surface area (Å²) in [5.41, 5.74) is 5.78. The quantitative estimate of drug-likeness (QED) is 0.228. The Morgan fingerprint density at radius 3 is 2.65 bits per heavy atom. The minimum atomic E-state index is -0.940. The summed E-state index contributed by atoms with van der Waals surface area (Å²) in [7, 11) is 1.77. The van der Waals surface area contributed by atoms with E-state index in [1.54, 1.807) is 43.3 Å². The van der Waals surface area contributed by atoms with Crippen LogP contribution >= 0.6 is 11.3 Å². The Kier molecular flexibility index (Phi) is 5.47. The fourth-order valence-corrected chi connectivity index (χ4v) is 5.76. The van der Waals surface area contributed by atoms with Crippen LogP contribution in [0.1, 0.15) is 29.8 Å². The number of nitrogens with zero attached hydrogens (tertiary/aromatic N) is 3. The highest BCUT2D eigenvalue weighted by atomic mass is 32.1. The fraction of sp³-hybridized carbons (Fsp3) is 0.179. The van der Waals surface area contributed by atoms with Crippen molar-refractivity contribution >= 4 is 44.1 Å². The molecule has 0 fully saturated rings. The van der Waals surface area contributed by atoms with E-state index in [-0.39, 0.29) is 5.91 Å². The number of aromatic nitrogens is 5. The topological polar surface area (TPSA) is 114 Å². The summed E-state index contributed by atoms with van der Waals surface area (Å²) in [6, 6.07) is 17.4. The number of rotatable bonds is 6. The molecule has 4 heterocycles. The number of benzene rings is 2. The van der Waals surface area contributed by atoms with Gasteiger partial charge in [-0.15, -0.1) is 11.3 Å². The molecular formula is C28H26N6O2S. The molecule has 0 aliphatic carbocycles. The first kappa shape index (κ1) is 23.2. The van der Waals surface area contributed by atoms with Crippen LogP contribution in [0.3, 0.4) is 0 Å². The van der Waals surface area contributed by atoms with Crippen LogP contribution in [-0.2, 0) is 6.42 Å². The van der Waals surface area contributed by atoms with Crippen LogP contribution in [-0.4, -0.2) is 49.0 Å². The zero-order valence-electron chi connectivity index (χ0n) is 20.7. The number of hydrogen-bond donors (Lipinski definition) is 4. The molecule has 186 valence electrons. The molecule has 9 heteroatoms. The van der Waals surface area contributed by atoms with Crippen molar-refractivity contribution in [1.29, 1.82) is 0 Å². The summed E-state index contributed by atoms with van der Waals surface area (Å²) in [5, 5.41) is 26.2. The first-order chi connectivity index (χ1) is 17.8. The number of nitrogens with one attached hydrogen (secondary N) is 3. The van der Waals surface area contributed by atoms with Gasteiger partial charge in [-0.05, 0) is 55.8 Å². The summed E-state index contributed by atoms with van der Waals surface area (Å²) in [5.74, 6) is -0.119. The maximum Gasteiger partial charge on any atom is 0.258 e. The second-order valence-corrected chi connectivity index (χ2v) is 10.9. The van der Waals surface area contributed by atoms with Gasteiger partial charge in [0.25, 0.3) is 5.91 Å². The SMILES string of the molecule is CN(C(=O)c1cc(CC(C)(C)O)c2cc(-c3n[nH]c4cc(-c5cn[nH]c5)sc34)[nH]c2c1)c1ccccc1. The monoisotopic (exact) mass is 510 g/mol. The van der Waals surface area contributed by atoms with Crippen molar-refractivity contribution in [2.75, 3.05) is 11.9 Å². The first-order valence-electron chi connectivity index (χ1n) is 12.0. The van der Waals surface area contributed by atoms with Crippen molar-refractivity contribution in [3.8, 4) is 21.8 Å². The lowest BCUT2D eigenvalue weighted by Crippen LogP contribution is -2.27. The second-order valence-electron chi connectivity index (χ2n) is 9.88. The molecule has 0 aliphatic heterocycles.